The van der Waals surface area contributed by atoms with Gasteiger partial charge in [0.05, 0.1) is 30.3 Å². The van der Waals surface area contributed by atoms with Gasteiger partial charge in [0.1, 0.15) is 11.6 Å². The molecule has 0 amide bonds. The van der Waals surface area contributed by atoms with E-state index in [0.29, 0.717) is 18.1 Å². The summed E-state index contributed by atoms with van der Waals surface area (Å²) < 4.78 is 5.40. The molecule has 0 aliphatic heterocycles. The molecule has 22 heavy (non-hydrogen) atoms. The number of methoxy groups -OCH3 is 1. The quantitative estimate of drug-likeness (QED) is 0.769. The Morgan fingerprint density at radius 2 is 1.91 bits per heavy atom. The lowest BCUT2D eigenvalue weighted by molar-refractivity contribution is 0.420. The lowest BCUT2D eigenvalue weighted by Gasteiger charge is -2.12. The fourth-order valence-corrected chi connectivity index (χ4v) is 2.34. The molecule has 3 N–H and O–H groups in total. The first-order chi connectivity index (χ1) is 10.7. The van der Waals surface area contributed by atoms with Crippen molar-refractivity contribution in [1.82, 2.24) is 15.0 Å². The Morgan fingerprint density at radius 1 is 1.09 bits per heavy atom. The molecule has 0 radical (unpaired) electrons. The second kappa shape index (κ2) is 5.85. The number of benzene rings is 1. The van der Waals surface area contributed by atoms with Crippen molar-refractivity contribution in [2.75, 3.05) is 18.2 Å². The minimum absolute atomic E-state index is 0.223. The molecular formula is C16H17N5O. The summed E-state index contributed by atoms with van der Waals surface area (Å²) in [4.78, 5) is 13.0. The third-order valence-corrected chi connectivity index (χ3v) is 3.31. The lowest BCUT2D eigenvalue weighted by atomic mass is 10.2. The smallest absolute Gasteiger partial charge is 0.222 e. The van der Waals surface area contributed by atoms with E-state index in [9.17, 15) is 0 Å². The number of ether oxygens (including phenoxy) is 1. The summed E-state index contributed by atoms with van der Waals surface area (Å²) in [5, 5.41) is 4.09. The van der Waals surface area contributed by atoms with Gasteiger partial charge in [-0.2, -0.15) is 4.98 Å². The van der Waals surface area contributed by atoms with E-state index >= 15 is 0 Å². The molecule has 0 saturated heterocycles. The molecule has 112 valence electrons. The third-order valence-electron chi connectivity index (χ3n) is 3.31. The number of pyridine rings is 1. The molecule has 0 aliphatic carbocycles. The Labute approximate surface area is 128 Å². The largest absolute Gasteiger partial charge is 0.496 e. The van der Waals surface area contributed by atoms with Gasteiger partial charge >= 0.3 is 0 Å². The zero-order chi connectivity index (χ0) is 15.5. The molecule has 0 atom stereocenters. The molecule has 3 rings (SSSR count). The van der Waals surface area contributed by atoms with Gasteiger partial charge < -0.3 is 15.8 Å². The van der Waals surface area contributed by atoms with Crippen molar-refractivity contribution in [2.24, 2.45) is 0 Å². The van der Waals surface area contributed by atoms with Crippen molar-refractivity contribution >= 4 is 22.7 Å². The predicted octanol–water partition coefficient (Wildman–Crippen LogP) is 2.54. The van der Waals surface area contributed by atoms with E-state index in [1.165, 1.54) is 0 Å². The van der Waals surface area contributed by atoms with Crippen LogP contribution in [0.3, 0.4) is 0 Å². The molecule has 2 heterocycles. The molecule has 3 aromatic rings. The van der Waals surface area contributed by atoms with E-state index in [2.05, 4.69) is 20.3 Å². The molecule has 2 aromatic heterocycles. The Kier molecular flexibility index (Phi) is 3.74. The van der Waals surface area contributed by atoms with Crippen LogP contribution in [0.5, 0.6) is 5.75 Å². The van der Waals surface area contributed by atoms with Gasteiger partial charge in [0.15, 0.2) is 0 Å². The van der Waals surface area contributed by atoms with Gasteiger partial charge in [-0.1, -0.05) is 12.1 Å². The normalized spacial score (nSPS) is 10.6. The first-order valence-corrected chi connectivity index (χ1v) is 6.94. The number of hydrogen-bond donors (Lipinski definition) is 2. The van der Waals surface area contributed by atoms with Crippen LogP contribution in [-0.4, -0.2) is 22.1 Å². The number of anilines is 2. The number of hydrogen-bond acceptors (Lipinski definition) is 6. The van der Waals surface area contributed by atoms with Crippen molar-refractivity contribution in [3.05, 3.63) is 47.8 Å². The highest BCUT2D eigenvalue weighted by atomic mass is 16.5. The minimum atomic E-state index is 0.223. The summed E-state index contributed by atoms with van der Waals surface area (Å²) in [5.41, 5.74) is 8.44. The van der Waals surface area contributed by atoms with E-state index in [0.717, 1.165) is 22.3 Å². The fourth-order valence-electron chi connectivity index (χ4n) is 2.34. The summed E-state index contributed by atoms with van der Waals surface area (Å²) >= 11 is 0. The van der Waals surface area contributed by atoms with E-state index in [1.54, 1.807) is 7.11 Å². The molecule has 0 fully saturated rings. The number of nitrogens with one attached hydrogen (secondary N) is 1. The van der Waals surface area contributed by atoms with E-state index < -0.39 is 0 Å². The lowest BCUT2D eigenvalue weighted by Crippen LogP contribution is -2.07. The van der Waals surface area contributed by atoms with Crippen LogP contribution in [0.4, 0.5) is 11.8 Å². The average molecular weight is 295 g/mol. The maximum Gasteiger partial charge on any atom is 0.222 e. The maximum absolute atomic E-state index is 5.79. The van der Waals surface area contributed by atoms with Crippen LogP contribution in [0.1, 0.15) is 11.4 Å². The predicted molar refractivity (Wildman–Crippen MR) is 86.8 cm³/mol. The number of nitrogens with zero attached hydrogens (tertiary/aromatic N) is 3. The molecular weight excluding hydrogens is 278 g/mol. The zero-order valence-corrected chi connectivity index (χ0v) is 12.5. The monoisotopic (exact) mass is 295 g/mol. The third kappa shape index (κ3) is 2.76. The Morgan fingerprint density at radius 3 is 2.68 bits per heavy atom. The summed E-state index contributed by atoms with van der Waals surface area (Å²) in [5.74, 6) is 1.57. The average Bonchev–Trinajstić information content (AvgIpc) is 2.51. The second-order valence-electron chi connectivity index (χ2n) is 4.91. The molecule has 6 heteroatoms. The summed E-state index contributed by atoms with van der Waals surface area (Å²) in [6, 6.07) is 11.5. The number of nitrogens with two attached hydrogens (primary N) is 1. The number of fused-ring (bicyclic) bond motifs is 1. The van der Waals surface area contributed by atoms with Gasteiger partial charge in [-0.15, -0.1) is 0 Å². The van der Waals surface area contributed by atoms with Crippen molar-refractivity contribution in [2.45, 2.75) is 13.5 Å². The topological polar surface area (TPSA) is 86.0 Å². The highest BCUT2D eigenvalue weighted by molar-refractivity contribution is 5.95. The van der Waals surface area contributed by atoms with E-state index in [4.69, 9.17) is 10.5 Å². The van der Waals surface area contributed by atoms with Crippen LogP contribution in [0.15, 0.2) is 36.4 Å². The van der Waals surface area contributed by atoms with E-state index in [-0.39, 0.29) is 5.95 Å². The molecule has 6 nitrogen and oxygen atoms in total. The Bertz CT molecular complexity index is 819. The van der Waals surface area contributed by atoms with E-state index in [1.807, 2.05) is 43.3 Å². The highest BCUT2D eigenvalue weighted by Gasteiger charge is 2.11. The zero-order valence-electron chi connectivity index (χ0n) is 12.5. The SMILES string of the molecule is COc1cccc2nc(N)nc(NCc3cccc(C)n3)c12. The van der Waals surface area contributed by atoms with Gasteiger partial charge in [-0.25, -0.2) is 4.98 Å². The van der Waals surface area contributed by atoms with Crippen molar-refractivity contribution in [3.63, 3.8) is 0 Å². The maximum atomic E-state index is 5.79. The van der Waals surface area contributed by atoms with Crippen molar-refractivity contribution in [1.29, 1.82) is 0 Å². The van der Waals surface area contributed by atoms with Crippen LogP contribution >= 0.6 is 0 Å². The molecule has 0 aliphatic rings. The Hall–Kier alpha value is -2.89. The van der Waals surface area contributed by atoms with Gasteiger partial charge in [-0.05, 0) is 31.2 Å². The first kappa shape index (κ1) is 14.1. The standard InChI is InChI=1S/C16H17N5O/c1-10-5-3-6-11(19-10)9-18-15-14-12(20-16(17)21-15)7-4-8-13(14)22-2/h3-8H,9H2,1-2H3,(H3,17,18,20,21). The van der Waals surface area contributed by atoms with Crippen LogP contribution < -0.4 is 15.8 Å². The molecule has 0 bridgehead atoms. The van der Waals surface area contributed by atoms with Gasteiger partial charge in [0.25, 0.3) is 0 Å². The molecule has 1 aromatic carbocycles. The van der Waals surface area contributed by atoms with Crippen LogP contribution in [-0.2, 0) is 6.54 Å². The molecule has 0 spiro atoms. The fraction of sp³-hybridized carbons (Fsp3) is 0.188. The number of aromatic nitrogens is 3. The van der Waals surface area contributed by atoms with Crippen molar-refractivity contribution < 1.29 is 4.74 Å². The van der Waals surface area contributed by atoms with Crippen LogP contribution in [0.25, 0.3) is 10.9 Å². The summed E-state index contributed by atoms with van der Waals surface area (Å²) in [7, 11) is 1.62. The summed E-state index contributed by atoms with van der Waals surface area (Å²) in [6.07, 6.45) is 0. The van der Waals surface area contributed by atoms with Gasteiger partial charge in [0, 0.05) is 5.69 Å². The number of aryl methyl sites for hydroxylation is 1. The van der Waals surface area contributed by atoms with Crippen molar-refractivity contribution in [3.8, 4) is 5.75 Å². The van der Waals surface area contributed by atoms with Crippen LogP contribution in [0, 0.1) is 6.92 Å². The second-order valence-corrected chi connectivity index (χ2v) is 4.91. The first-order valence-electron chi connectivity index (χ1n) is 6.94. The molecule has 0 saturated carbocycles. The number of nitrogen functional groups attached to an aromatic ring is 1. The van der Waals surface area contributed by atoms with Gasteiger partial charge in [0.2, 0.25) is 5.95 Å². The van der Waals surface area contributed by atoms with Gasteiger partial charge in [-0.3, -0.25) is 4.98 Å². The Balaban J connectivity index is 1.99. The molecule has 0 unspecified atom stereocenters. The van der Waals surface area contributed by atoms with Crippen LogP contribution in [0.2, 0.25) is 0 Å². The summed E-state index contributed by atoms with van der Waals surface area (Å²) in [6.45, 7) is 2.51. The number of rotatable bonds is 4. The minimum Gasteiger partial charge on any atom is -0.496 e. The highest BCUT2D eigenvalue weighted by Crippen LogP contribution is 2.30.